The van der Waals surface area contributed by atoms with E-state index in [1.54, 1.807) is 0 Å². The quantitative estimate of drug-likeness (QED) is 0.420. The Hall–Kier alpha value is -2.38. The number of aliphatic hydroxyl groups excluding tert-OH is 1. The lowest BCUT2D eigenvalue weighted by Crippen LogP contribution is -2.23. The highest BCUT2D eigenvalue weighted by atomic mass is 16.3. The lowest BCUT2D eigenvalue weighted by atomic mass is 10.0. The SMILES string of the molecule is CCCC(CCO)Nc1nc(N)nc(C)c1Cc1ccc(CN(CC)CC)cc1O. The van der Waals surface area contributed by atoms with E-state index in [0.29, 0.717) is 18.7 Å². The third-order valence-corrected chi connectivity index (χ3v) is 5.50. The van der Waals surface area contributed by atoms with Gasteiger partial charge in [-0.15, -0.1) is 0 Å². The number of nitrogen functional groups attached to an aromatic ring is 1. The highest BCUT2D eigenvalue weighted by Gasteiger charge is 2.17. The molecule has 166 valence electrons. The summed E-state index contributed by atoms with van der Waals surface area (Å²) in [6, 6.07) is 6.00. The van der Waals surface area contributed by atoms with Crippen molar-refractivity contribution in [2.75, 3.05) is 30.7 Å². The molecular formula is C23H37N5O2. The fourth-order valence-corrected chi connectivity index (χ4v) is 3.69. The zero-order valence-corrected chi connectivity index (χ0v) is 18.8. The number of phenolic OH excluding ortho intramolecular Hbond substituents is 1. The van der Waals surface area contributed by atoms with Crippen LogP contribution in [0.1, 0.15) is 62.4 Å². The van der Waals surface area contributed by atoms with Gasteiger partial charge in [0.2, 0.25) is 5.95 Å². The van der Waals surface area contributed by atoms with Crippen LogP contribution in [-0.2, 0) is 13.0 Å². The topological polar surface area (TPSA) is 108 Å². The summed E-state index contributed by atoms with van der Waals surface area (Å²) in [5, 5.41) is 23.5. The minimum absolute atomic E-state index is 0.109. The predicted octanol–water partition coefficient (Wildman–Crippen LogP) is 3.47. The number of hydrogen-bond donors (Lipinski definition) is 4. The van der Waals surface area contributed by atoms with Gasteiger partial charge in [0.1, 0.15) is 11.6 Å². The number of benzene rings is 1. The van der Waals surface area contributed by atoms with Crippen LogP contribution in [0.15, 0.2) is 18.2 Å². The summed E-state index contributed by atoms with van der Waals surface area (Å²) in [5.41, 5.74) is 9.52. The van der Waals surface area contributed by atoms with E-state index in [0.717, 1.165) is 54.9 Å². The Morgan fingerprint density at radius 2 is 1.87 bits per heavy atom. The second kappa shape index (κ2) is 11.7. The first-order valence-electron chi connectivity index (χ1n) is 10.9. The number of nitrogens with two attached hydrogens (primary N) is 1. The van der Waals surface area contributed by atoms with Crippen LogP contribution in [0.4, 0.5) is 11.8 Å². The summed E-state index contributed by atoms with van der Waals surface area (Å²) in [5.74, 6) is 1.18. The van der Waals surface area contributed by atoms with Crippen molar-refractivity contribution in [1.82, 2.24) is 14.9 Å². The van der Waals surface area contributed by atoms with Gasteiger partial charge in [0.25, 0.3) is 0 Å². The van der Waals surface area contributed by atoms with Gasteiger partial charge in [-0.3, -0.25) is 4.90 Å². The van der Waals surface area contributed by atoms with Crippen LogP contribution in [0.2, 0.25) is 0 Å². The molecule has 0 fully saturated rings. The Balaban J connectivity index is 2.29. The molecule has 7 heteroatoms. The van der Waals surface area contributed by atoms with E-state index in [1.165, 1.54) is 0 Å². The average molecular weight is 416 g/mol. The van der Waals surface area contributed by atoms with E-state index in [1.807, 2.05) is 19.1 Å². The summed E-state index contributed by atoms with van der Waals surface area (Å²) < 4.78 is 0. The minimum atomic E-state index is 0.109. The molecule has 0 amide bonds. The third kappa shape index (κ3) is 6.57. The number of phenols is 1. The van der Waals surface area contributed by atoms with Crippen LogP contribution in [0, 0.1) is 6.92 Å². The summed E-state index contributed by atoms with van der Waals surface area (Å²) in [6.45, 7) is 11.2. The van der Waals surface area contributed by atoms with Crippen molar-refractivity contribution in [1.29, 1.82) is 0 Å². The van der Waals surface area contributed by atoms with Crippen LogP contribution in [0.3, 0.4) is 0 Å². The lowest BCUT2D eigenvalue weighted by molar-refractivity contribution is 0.276. The standard InChI is InChI=1S/C23H37N5O2/c1-5-8-19(11-12-29)26-22-20(16(4)25-23(24)27-22)14-18-10-9-17(13-21(18)30)15-28(6-2)7-3/h9-10,13,19,29-30H,5-8,11-12,14-15H2,1-4H3,(H3,24,25,26,27). The summed E-state index contributed by atoms with van der Waals surface area (Å²) in [4.78, 5) is 11.1. The molecule has 0 saturated heterocycles. The molecule has 0 radical (unpaired) electrons. The molecule has 0 bridgehead atoms. The maximum absolute atomic E-state index is 10.7. The molecule has 1 unspecified atom stereocenters. The van der Waals surface area contributed by atoms with Gasteiger partial charge in [0.15, 0.2) is 0 Å². The first kappa shape index (κ1) is 23.9. The van der Waals surface area contributed by atoms with E-state index >= 15 is 0 Å². The smallest absolute Gasteiger partial charge is 0.222 e. The number of nitrogens with zero attached hydrogens (tertiary/aromatic N) is 3. The molecule has 7 nitrogen and oxygen atoms in total. The number of aliphatic hydroxyl groups is 1. The lowest BCUT2D eigenvalue weighted by Gasteiger charge is -2.21. The van der Waals surface area contributed by atoms with Crippen molar-refractivity contribution in [2.45, 2.75) is 66.0 Å². The number of hydrogen-bond acceptors (Lipinski definition) is 7. The number of rotatable bonds is 12. The van der Waals surface area contributed by atoms with Crippen molar-refractivity contribution in [2.24, 2.45) is 0 Å². The average Bonchev–Trinajstić information content (AvgIpc) is 2.70. The minimum Gasteiger partial charge on any atom is -0.508 e. The van der Waals surface area contributed by atoms with Gasteiger partial charge in [0.05, 0.1) is 0 Å². The van der Waals surface area contributed by atoms with E-state index in [2.05, 4.69) is 47.0 Å². The monoisotopic (exact) mass is 415 g/mol. The highest BCUT2D eigenvalue weighted by Crippen LogP contribution is 2.28. The van der Waals surface area contributed by atoms with E-state index < -0.39 is 0 Å². The number of aryl methyl sites for hydroxylation is 1. The Labute approximate surface area is 180 Å². The van der Waals surface area contributed by atoms with Gasteiger partial charge in [-0.25, -0.2) is 4.98 Å². The first-order valence-corrected chi connectivity index (χ1v) is 10.9. The predicted molar refractivity (Wildman–Crippen MR) is 123 cm³/mol. The molecule has 0 aliphatic rings. The molecule has 2 aromatic rings. The normalized spacial score (nSPS) is 12.3. The van der Waals surface area contributed by atoms with Gasteiger partial charge < -0.3 is 21.3 Å². The molecule has 1 aromatic carbocycles. The number of aromatic hydroxyl groups is 1. The van der Waals surface area contributed by atoms with Crippen LogP contribution in [0.5, 0.6) is 5.75 Å². The molecule has 1 aromatic heterocycles. The Morgan fingerprint density at radius 3 is 2.47 bits per heavy atom. The van der Waals surface area contributed by atoms with Crippen molar-refractivity contribution in [3.8, 4) is 5.75 Å². The van der Waals surface area contributed by atoms with Crippen LogP contribution >= 0.6 is 0 Å². The number of anilines is 2. The molecule has 30 heavy (non-hydrogen) atoms. The van der Waals surface area contributed by atoms with Crippen LogP contribution < -0.4 is 11.1 Å². The van der Waals surface area contributed by atoms with E-state index in [-0.39, 0.29) is 24.3 Å². The van der Waals surface area contributed by atoms with Gasteiger partial charge in [-0.1, -0.05) is 39.3 Å². The number of aromatic nitrogens is 2. The van der Waals surface area contributed by atoms with Crippen molar-refractivity contribution in [3.05, 3.63) is 40.6 Å². The van der Waals surface area contributed by atoms with Crippen molar-refractivity contribution >= 4 is 11.8 Å². The largest absolute Gasteiger partial charge is 0.508 e. The molecule has 0 saturated carbocycles. The van der Waals surface area contributed by atoms with Gasteiger partial charge in [-0.2, -0.15) is 4.98 Å². The van der Waals surface area contributed by atoms with E-state index in [4.69, 9.17) is 5.73 Å². The van der Waals surface area contributed by atoms with Crippen molar-refractivity contribution < 1.29 is 10.2 Å². The molecule has 0 aliphatic heterocycles. The molecule has 1 atom stereocenters. The molecule has 5 N–H and O–H groups in total. The van der Waals surface area contributed by atoms with Gasteiger partial charge in [0, 0.05) is 36.9 Å². The van der Waals surface area contributed by atoms with E-state index in [9.17, 15) is 10.2 Å². The van der Waals surface area contributed by atoms with Gasteiger partial charge >= 0.3 is 0 Å². The molecule has 2 rings (SSSR count). The van der Waals surface area contributed by atoms with Crippen molar-refractivity contribution in [3.63, 3.8) is 0 Å². The maximum atomic E-state index is 10.7. The van der Waals surface area contributed by atoms with Crippen LogP contribution in [0.25, 0.3) is 0 Å². The second-order valence-electron chi connectivity index (χ2n) is 7.74. The molecule has 1 heterocycles. The Kier molecular flexibility index (Phi) is 9.33. The Bertz CT molecular complexity index is 802. The fraction of sp³-hybridized carbons (Fsp3) is 0.565. The molecule has 0 aliphatic carbocycles. The Morgan fingerprint density at radius 1 is 1.13 bits per heavy atom. The first-order chi connectivity index (χ1) is 14.4. The summed E-state index contributed by atoms with van der Waals surface area (Å²) in [7, 11) is 0. The second-order valence-corrected chi connectivity index (χ2v) is 7.74. The molecular weight excluding hydrogens is 378 g/mol. The number of nitrogens with one attached hydrogen (secondary N) is 1. The van der Waals surface area contributed by atoms with Gasteiger partial charge in [-0.05, 0) is 50.0 Å². The van der Waals surface area contributed by atoms with Crippen LogP contribution in [-0.4, -0.2) is 50.8 Å². The fourth-order valence-electron chi connectivity index (χ4n) is 3.69. The maximum Gasteiger partial charge on any atom is 0.222 e. The summed E-state index contributed by atoms with van der Waals surface area (Å²) in [6.07, 6.45) is 3.07. The summed E-state index contributed by atoms with van der Waals surface area (Å²) >= 11 is 0. The highest BCUT2D eigenvalue weighted by molar-refractivity contribution is 5.53. The zero-order valence-electron chi connectivity index (χ0n) is 18.8. The third-order valence-electron chi connectivity index (χ3n) is 5.50. The zero-order chi connectivity index (χ0) is 22.1. The molecule has 0 spiro atoms.